The molecule has 0 N–H and O–H groups in total. The maximum absolute atomic E-state index is 8.59. The van der Waals surface area contributed by atoms with Crippen LogP contribution in [0.2, 0.25) is 0 Å². The van der Waals surface area contributed by atoms with Gasteiger partial charge in [-0.25, -0.2) is 9.97 Å². The molecule has 1 aromatic rings. The van der Waals surface area contributed by atoms with E-state index in [-0.39, 0.29) is 0 Å². The van der Waals surface area contributed by atoms with Crippen molar-refractivity contribution in [2.45, 2.75) is 12.1 Å². The van der Waals surface area contributed by atoms with Gasteiger partial charge in [-0.1, -0.05) is 11.8 Å². The van der Waals surface area contributed by atoms with Crippen LogP contribution in [0.4, 0.5) is 0 Å². The zero-order valence-electron chi connectivity index (χ0n) is 6.33. The van der Waals surface area contributed by atoms with Gasteiger partial charge in [-0.05, 0) is 13.2 Å². The second-order valence-electron chi connectivity index (χ2n) is 2.00. The van der Waals surface area contributed by atoms with Gasteiger partial charge in [0.1, 0.15) is 11.8 Å². The summed E-state index contributed by atoms with van der Waals surface area (Å²) < 4.78 is 0. The first kappa shape index (κ1) is 8.02. The standard InChI is InChI=1S/C7H7N3S/c1-5-4-9-7(11-2)10-6(5)3-8/h4H,1-2H3. The lowest BCUT2D eigenvalue weighted by atomic mass is 10.3. The summed E-state index contributed by atoms with van der Waals surface area (Å²) in [6, 6.07) is 2.01. The van der Waals surface area contributed by atoms with Gasteiger partial charge >= 0.3 is 0 Å². The summed E-state index contributed by atoms with van der Waals surface area (Å²) in [5.74, 6) is 0. The Hall–Kier alpha value is -1.08. The van der Waals surface area contributed by atoms with Crippen LogP contribution in [-0.4, -0.2) is 16.2 Å². The summed E-state index contributed by atoms with van der Waals surface area (Å²) in [7, 11) is 0. The van der Waals surface area contributed by atoms with Crippen LogP contribution in [-0.2, 0) is 0 Å². The van der Waals surface area contributed by atoms with E-state index in [4.69, 9.17) is 5.26 Å². The fourth-order valence-electron chi connectivity index (χ4n) is 0.637. The first-order valence-electron chi connectivity index (χ1n) is 3.05. The van der Waals surface area contributed by atoms with Crippen LogP contribution in [0.1, 0.15) is 11.3 Å². The average Bonchev–Trinajstić information content (AvgIpc) is 2.05. The minimum absolute atomic E-state index is 0.462. The van der Waals surface area contributed by atoms with E-state index in [0.29, 0.717) is 10.9 Å². The molecule has 0 saturated carbocycles. The van der Waals surface area contributed by atoms with Crippen molar-refractivity contribution in [3.8, 4) is 6.07 Å². The highest BCUT2D eigenvalue weighted by Crippen LogP contribution is 2.09. The fraction of sp³-hybridized carbons (Fsp3) is 0.286. The quantitative estimate of drug-likeness (QED) is 0.466. The van der Waals surface area contributed by atoms with Crippen LogP contribution in [0.25, 0.3) is 0 Å². The second kappa shape index (κ2) is 3.35. The van der Waals surface area contributed by atoms with Crippen LogP contribution in [0, 0.1) is 18.3 Å². The minimum Gasteiger partial charge on any atom is -0.231 e. The molecule has 0 aliphatic carbocycles. The maximum atomic E-state index is 8.59. The third kappa shape index (κ3) is 1.69. The molecule has 0 aliphatic rings. The Labute approximate surface area is 69.5 Å². The summed E-state index contributed by atoms with van der Waals surface area (Å²) in [6.07, 6.45) is 3.54. The van der Waals surface area contributed by atoms with Crippen molar-refractivity contribution in [1.82, 2.24) is 9.97 Å². The molecule has 1 rings (SSSR count). The molecule has 0 unspecified atom stereocenters. The molecule has 4 heteroatoms. The normalized spacial score (nSPS) is 9.18. The van der Waals surface area contributed by atoms with E-state index in [0.717, 1.165) is 5.56 Å². The SMILES string of the molecule is CSc1ncc(C)c(C#N)n1. The summed E-state index contributed by atoms with van der Waals surface area (Å²) in [6.45, 7) is 1.82. The monoisotopic (exact) mass is 165 g/mol. The van der Waals surface area contributed by atoms with Gasteiger partial charge < -0.3 is 0 Å². The largest absolute Gasteiger partial charge is 0.231 e. The number of hydrogen-bond acceptors (Lipinski definition) is 4. The predicted octanol–water partition coefficient (Wildman–Crippen LogP) is 1.38. The van der Waals surface area contributed by atoms with E-state index < -0.39 is 0 Å². The third-order valence-electron chi connectivity index (χ3n) is 1.24. The Bertz CT molecular complexity index is 303. The van der Waals surface area contributed by atoms with Crippen molar-refractivity contribution < 1.29 is 0 Å². The predicted molar refractivity (Wildman–Crippen MR) is 43.3 cm³/mol. The van der Waals surface area contributed by atoms with Crippen molar-refractivity contribution in [2.24, 2.45) is 0 Å². The minimum atomic E-state index is 0.462. The lowest BCUT2D eigenvalue weighted by Gasteiger charge is -1.96. The molecule has 11 heavy (non-hydrogen) atoms. The Morgan fingerprint density at radius 3 is 2.91 bits per heavy atom. The van der Waals surface area contributed by atoms with Crippen LogP contribution < -0.4 is 0 Å². The first-order chi connectivity index (χ1) is 5.27. The highest BCUT2D eigenvalue weighted by molar-refractivity contribution is 7.98. The van der Waals surface area contributed by atoms with E-state index in [2.05, 4.69) is 9.97 Å². The highest BCUT2D eigenvalue weighted by atomic mass is 32.2. The topological polar surface area (TPSA) is 49.6 Å². The fourth-order valence-corrected chi connectivity index (χ4v) is 0.978. The van der Waals surface area contributed by atoms with Crippen molar-refractivity contribution in [2.75, 3.05) is 6.26 Å². The molecule has 1 heterocycles. The number of rotatable bonds is 1. The molecule has 0 bridgehead atoms. The maximum Gasteiger partial charge on any atom is 0.188 e. The van der Waals surface area contributed by atoms with E-state index >= 15 is 0 Å². The summed E-state index contributed by atoms with van der Waals surface area (Å²) in [4.78, 5) is 8.01. The molecule has 0 atom stereocenters. The summed E-state index contributed by atoms with van der Waals surface area (Å²) in [5, 5.41) is 9.23. The molecule has 0 aromatic carbocycles. The van der Waals surface area contributed by atoms with Gasteiger partial charge in [-0.15, -0.1) is 0 Å². The van der Waals surface area contributed by atoms with Crippen LogP contribution >= 0.6 is 11.8 Å². The summed E-state index contributed by atoms with van der Waals surface area (Å²) >= 11 is 1.43. The van der Waals surface area contributed by atoms with Gasteiger partial charge in [0.05, 0.1) is 0 Å². The molecule has 0 fully saturated rings. The van der Waals surface area contributed by atoms with E-state index in [1.807, 2.05) is 19.2 Å². The van der Waals surface area contributed by atoms with Crippen LogP contribution in [0.5, 0.6) is 0 Å². The number of hydrogen-bond donors (Lipinski definition) is 0. The van der Waals surface area contributed by atoms with Crippen LogP contribution in [0.3, 0.4) is 0 Å². The Morgan fingerprint density at radius 2 is 2.36 bits per heavy atom. The first-order valence-corrected chi connectivity index (χ1v) is 4.28. The van der Waals surface area contributed by atoms with Crippen LogP contribution in [0.15, 0.2) is 11.4 Å². The average molecular weight is 165 g/mol. The molecule has 3 nitrogen and oxygen atoms in total. The zero-order chi connectivity index (χ0) is 8.27. The van der Waals surface area contributed by atoms with E-state index in [1.54, 1.807) is 6.20 Å². The van der Waals surface area contributed by atoms with E-state index in [9.17, 15) is 0 Å². The van der Waals surface area contributed by atoms with Crippen molar-refractivity contribution in [3.05, 3.63) is 17.5 Å². The molecule has 0 radical (unpaired) electrons. The third-order valence-corrected chi connectivity index (χ3v) is 1.80. The number of aryl methyl sites for hydroxylation is 1. The highest BCUT2D eigenvalue weighted by Gasteiger charge is 2.00. The molecule has 0 spiro atoms. The number of aromatic nitrogens is 2. The van der Waals surface area contributed by atoms with Gasteiger partial charge in [-0.2, -0.15) is 5.26 Å². The van der Waals surface area contributed by atoms with Crippen molar-refractivity contribution >= 4 is 11.8 Å². The molecule has 56 valence electrons. The van der Waals surface area contributed by atoms with Crippen molar-refractivity contribution in [1.29, 1.82) is 5.26 Å². The number of thioether (sulfide) groups is 1. The second-order valence-corrected chi connectivity index (χ2v) is 2.77. The Morgan fingerprint density at radius 1 is 1.64 bits per heavy atom. The number of nitrogens with zero attached hydrogens (tertiary/aromatic N) is 3. The molecule has 0 amide bonds. The van der Waals surface area contributed by atoms with Gasteiger partial charge in [0, 0.05) is 11.8 Å². The Kier molecular flexibility index (Phi) is 2.44. The lowest BCUT2D eigenvalue weighted by Crippen LogP contribution is -1.92. The smallest absolute Gasteiger partial charge is 0.188 e. The summed E-state index contributed by atoms with van der Waals surface area (Å²) in [5.41, 5.74) is 1.29. The Balaban J connectivity index is 3.15. The lowest BCUT2D eigenvalue weighted by molar-refractivity contribution is 0.937. The van der Waals surface area contributed by atoms with Gasteiger partial charge in [0.2, 0.25) is 0 Å². The van der Waals surface area contributed by atoms with Gasteiger partial charge in [0.25, 0.3) is 0 Å². The molecular formula is C7H7N3S. The van der Waals surface area contributed by atoms with Gasteiger partial charge in [-0.3, -0.25) is 0 Å². The number of nitriles is 1. The van der Waals surface area contributed by atoms with E-state index in [1.165, 1.54) is 11.8 Å². The van der Waals surface area contributed by atoms with Gasteiger partial charge in [0.15, 0.2) is 5.16 Å². The molecule has 1 aromatic heterocycles. The molecule has 0 aliphatic heterocycles. The molecular weight excluding hydrogens is 158 g/mol. The van der Waals surface area contributed by atoms with Crippen molar-refractivity contribution in [3.63, 3.8) is 0 Å². The zero-order valence-corrected chi connectivity index (χ0v) is 7.14. The molecule has 0 saturated heterocycles.